The summed E-state index contributed by atoms with van der Waals surface area (Å²) in [6.45, 7) is 7.01. The number of ether oxygens (including phenoxy) is 1. The van der Waals surface area contributed by atoms with Gasteiger partial charge < -0.3 is 10.1 Å². The molecule has 1 aliphatic rings. The van der Waals surface area contributed by atoms with Gasteiger partial charge in [0, 0.05) is 24.0 Å². The third kappa shape index (κ3) is 3.84. The van der Waals surface area contributed by atoms with Crippen LogP contribution in [0.4, 0.5) is 0 Å². The number of morpholine rings is 1. The van der Waals surface area contributed by atoms with E-state index in [1.54, 1.807) is 10.4 Å². The van der Waals surface area contributed by atoms with Crippen LogP contribution in [0.3, 0.4) is 0 Å². The molecule has 7 heteroatoms. The van der Waals surface area contributed by atoms with Crippen LogP contribution >= 0.6 is 11.3 Å². The van der Waals surface area contributed by atoms with E-state index in [9.17, 15) is 8.42 Å². The van der Waals surface area contributed by atoms with Crippen LogP contribution in [-0.4, -0.2) is 45.1 Å². The molecule has 5 nitrogen and oxygen atoms in total. The maximum Gasteiger partial charge on any atom is 0.244 e. The summed E-state index contributed by atoms with van der Waals surface area (Å²) in [5.74, 6) is 0. The zero-order valence-corrected chi connectivity index (χ0v) is 14.3. The van der Waals surface area contributed by atoms with Gasteiger partial charge in [0.05, 0.1) is 18.1 Å². The molecule has 2 heterocycles. The predicted octanol–water partition coefficient (Wildman–Crippen LogP) is 2.05. The molecule has 1 unspecified atom stereocenters. The van der Waals surface area contributed by atoms with Crippen molar-refractivity contribution in [3.05, 3.63) is 16.3 Å². The number of nitrogens with zero attached hydrogens (tertiary/aromatic N) is 1. The minimum absolute atomic E-state index is 0.0555. The van der Waals surface area contributed by atoms with Gasteiger partial charge in [0.2, 0.25) is 10.0 Å². The minimum atomic E-state index is -3.42. The Kier molecular flexibility index (Phi) is 6.19. The lowest BCUT2D eigenvalue weighted by Gasteiger charge is -2.34. The lowest BCUT2D eigenvalue weighted by atomic mass is 10.2. The van der Waals surface area contributed by atoms with Gasteiger partial charge >= 0.3 is 0 Å². The number of rotatable bonds is 7. The summed E-state index contributed by atoms with van der Waals surface area (Å²) in [5.41, 5.74) is 0. The Balaban J connectivity index is 2.20. The van der Waals surface area contributed by atoms with Crippen LogP contribution in [-0.2, 0) is 21.3 Å². The molecule has 1 saturated heterocycles. The van der Waals surface area contributed by atoms with E-state index in [2.05, 4.69) is 12.2 Å². The van der Waals surface area contributed by atoms with Gasteiger partial charge in [-0.05, 0) is 30.8 Å². The molecule has 1 aliphatic heterocycles. The number of thiophene rings is 1. The van der Waals surface area contributed by atoms with Gasteiger partial charge in [0.1, 0.15) is 0 Å². The molecule has 0 saturated carbocycles. The van der Waals surface area contributed by atoms with Crippen molar-refractivity contribution in [3.63, 3.8) is 0 Å². The van der Waals surface area contributed by atoms with Gasteiger partial charge in [-0.1, -0.05) is 13.8 Å². The summed E-state index contributed by atoms with van der Waals surface area (Å²) in [6, 6.07) is 1.67. The van der Waals surface area contributed by atoms with Crippen LogP contribution in [0.25, 0.3) is 0 Å². The first kappa shape index (κ1) is 16.9. The van der Waals surface area contributed by atoms with Crippen molar-refractivity contribution in [3.8, 4) is 0 Å². The maximum absolute atomic E-state index is 12.9. The summed E-state index contributed by atoms with van der Waals surface area (Å²) in [6.07, 6.45) is 1.81. The molecule has 1 atom stereocenters. The highest BCUT2D eigenvalue weighted by atomic mass is 32.2. The SMILES string of the molecule is CCCNCc1sccc1S(=O)(=O)N1CCOCC1CC. The van der Waals surface area contributed by atoms with E-state index < -0.39 is 10.0 Å². The summed E-state index contributed by atoms with van der Waals surface area (Å²) in [5, 5.41) is 5.14. The van der Waals surface area contributed by atoms with Crippen molar-refractivity contribution in [2.24, 2.45) is 0 Å². The molecule has 2 rings (SSSR count). The van der Waals surface area contributed by atoms with Crippen LogP contribution in [0, 0.1) is 0 Å². The van der Waals surface area contributed by atoms with E-state index in [1.165, 1.54) is 11.3 Å². The quantitative estimate of drug-likeness (QED) is 0.777. The largest absolute Gasteiger partial charge is 0.378 e. The van der Waals surface area contributed by atoms with Crippen LogP contribution in [0.1, 0.15) is 31.6 Å². The van der Waals surface area contributed by atoms with E-state index in [0.717, 1.165) is 24.3 Å². The molecule has 0 amide bonds. The molecule has 1 aromatic heterocycles. The second-order valence-electron chi connectivity index (χ2n) is 5.14. The Labute approximate surface area is 131 Å². The van der Waals surface area contributed by atoms with E-state index in [1.807, 2.05) is 12.3 Å². The third-order valence-electron chi connectivity index (χ3n) is 3.65. The lowest BCUT2D eigenvalue weighted by Crippen LogP contribution is -2.48. The second-order valence-corrected chi connectivity index (χ2v) is 8.00. The van der Waals surface area contributed by atoms with Gasteiger partial charge in [-0.25, -0.2) is 8.42 Å². The fourth-order valence-corrected chi connectivity index (χ4v) is 5.52. The van der Waals surface area contributed by atoms with Crippen molar-refractivity contribution in [1.82, 2.24) is 9.62 Å². The fourth-order valence-electron chi connectivity index (χ4n) is 2.47. The van der Waals surface area contributed by atoms with Gasteiger partial charge in [0.25, 0.3) is 0 Å². The van der Waals surface area contributed by atoms with Crippen LogP contribution < -0.4 is 5.32 Å². The van der Waals surface area contributed by atoms with Gasteiger partial charge in [0.15, 0.2) is 0 Å². The van der Waals surface area contributed by atoms with Crippen molar-refractivity contribution in [1.29, 1.82) is 0 Å². The van der Waals surface area contributed by atoms with Crippen LogP contribution in [0.15, 0.2) is 16.3 Å². The molecule has 0 bridgehead atoms. The maximum atomic E-state index is 12.9. The zero-order valence-electron chi connectivity index (χ0n) is 12.7. The van der Waals surface area contributed by atoms with Crippen molar-refractivity contribution >= 4 is 21.4 Å². The molecule has 120 valence electrons. The fraction of sp³-hybridized carbons (Fsp3) is 0.714. The average Bonchev–Trinajstić information content (AvgIpc) is 2.97. The summed E-state index contributed by atoms with van der Waals surface area (Å²) in [7, 11) is -3.42. The second kappa shape index (κ2) is 7.69. The van der Waals surface area contributed by atoms with Crippen molar-refractivity contribution < 1.29 is 13.2 Å². The Bertz CT molecular complexity index is 542. The van der Waals surface area contributed by atoms with E-state index in [4.69, 9.17) is 4.74 Å². The molecule has 1 aromatic rings. The van der Waals surface area contributed by atoms with Crippen molar-refractivity contribution in [2.45, 2.75) is 44.2 Å². The minimum Gasteiger partial charge on any atom is -0.378 e. The van der Waals surface area contributed by atoms with E-state index >= 15 is 0 Å². The highest BCUT2D eigenvalue weighted by Gasteiger charge is 2.34. The molecule has 0 radical (unpaired) electrons. The highest BCUT2D eigenvalue weighted by Crippen LogP contribution is 2.28. The normalized spacial score (nSPS) is 20.8. The van der Waals surface area contributed by atoms with Crippen LogP contribution in [0.2, 0.25) is 0 Å². The summed E-state index contributed by atoms with van der Waals surface area (Å²) >= 11 is 1.50. The molecular weight excluding hydrogens is 308 g/mol. The number of sulfonamides is 1. The standard InChI is InChI=1S/C14H24N2O3S2/c1-3-6-15-10-13-14(5-9-20-13)21(17,18)16-7-8-19-11-12(16)4-2/h5,9,12,15H,3-4,6-8,10-11H2,1-2H3. The van der Waals surface area contributed by atoms with Crippen LogP contribution in [0.5, 0.6) is 0 Å². The van der Waals surface area contributed by atoms with E-state index in [0.29, 0.717) is 31.2 Å². The third-order valence-corrected chi connectivity index (χ3v) is 6.73. The van der Waals surface area contributed by atoms with Gasteiger partial charge in [-0.15, -0.1) is 11.3 Å². The Morgan fingerprint density at radius 1 is 1.48 bits per heavy atom. The van der Waals surface area contributed by atoms with Gasteiger partial charge in [-0.3, -0.25) is 0 Å². The first-order valence-corrected chi connectivity index (χ1v) is 9.79. The molecule has 1 fully saturated rings. The molecule has 21 heavy (non-hydrogen) atoms. The zero-order chi connectivity index (χ0) is 15.3. The summed E-state index contributed by atoms with van der Waals surface area (Å²) in [4.78, 5) is 1.35. The van der Waals surface area contributed by atoms with Crippen molar-refractivity contribution in [2.75, 3.05) is 26.3 Å². The topological polar surface area (TPSA) is 58.6 Å². The number of hydrogen-bond acceptors (Lipinski definition) is 5. The molecule has 1 N–H and O–H groups in total. The Hall–Kier alpha value is -0.470. The number of nitrogens with one attached hydrogen (secondary N) is 1. The Morgan fingerprint density at radius 3 is 3.00 bits per heavy atom. The smallest absolute Gasteiger partial charge is 0.244 e. The lowest BCUT2D eigenvalue weighted by molar-refractivity contribution is 0.0314. The van der Waals surface area contributed by atoms with Gasteiger partial charge in [-0.2, -0.15) is 4.31 Å². The molecule has 0 aliphatic carbocycles. The molecule has 0 spiro atoms. The molecule has 0 aromatic carbocycles. The molecular formula is C14H24N2O3S2. The predicted molar refractivity (Wildman–Crippen MR) is 85.1 cm³/mol. The average molecular weight is 332 g/mol. The summed E-state index contributed by atoms with van der Waals surface area (Å²) < 4.78 is 32.9. The number of hydrogen-bond donors (Lipinski definition) is 1. The monoisotopic (exact) mass is 332 g/mol. The van der Waals surface area contributed by atoms with E-state index in [-0.39, 0.29) is 6.04 Å². The Morgan fingerprint density at radius 2 is 2.29 bits per heavy atom. The first-order valence-electron chi connectivity index (χ1n) is 7.48. The first-order chi connectivity index (χ1) is 10.1. The highest BCUT2D eigenvalue weighted by molar-refractivity contribution is 7.89.